The molecule has 0 aliphatic heterocycles. The van der Waals surface area contributed by atoms with Crippen LogP contribution < -0.4 is 4.90 Å². The number of rotatable bonds is 3. The van der Waals surface area contributed by atoms with Crippen LogP contribution in [0.4, 0.5) is 10.5 Å². The van der Waals surface area contributed by atoms with E-state index in [9.17, 15) is 4.79 Å². The van der Waals surface area contributed by atoms with Crippen LogP contribution in [0.3, 0.4) is 0 Å². The molecule has 2 rings (SSSR count). The number of carbonyl (C=O) groups excluding carboxylic acids is 1. The first-order valence-electron chi connectivity index (χ1n) is 5.70. The summed E-state index contributed by atoms with van der Waals surface area (Å²) in [4.78, 5) is 20.7. The van der Waals surface area contributed by atoms with Crippen LogP contribution in [0, 0.1) is 0 Å². The van der Waals surface area contributed by atoms with Crippen molar-refractivity contribution in [1.29, 1.82) is 0 Å². The van der Waals surface area contributed by atoms with Gasteiger partial charge in [0.15, 0.2) is 5.15 Å². The molecule has 0 fully saturated rings. The smallest absolute Gasteiger partial charge is 0.414 e. The van der Waals surface area contributed by atoms with Crippen molar-refractivity contribution in [2.24, 2.45) is 0 Å². The van der Waals surface area contributed by atoms with E-state index in [0.717, 1.165) is 5.56 Å². The maximum atomic E-state index is 11.9. The largest absolute Gasteiger partial charge is 0.444 e. The zero-order valence-corrected chi connectivity index (χ0v) is 12.1. The number of benzene rings is 1. The quantitative estimate of drug-likeness (QED) is 0.642. The van der Waals surface area contributed by atoms with Gasteiger partial charge in [-0.05, 0) is 17.2 Å². The third-order valence-corrected chi connectivity index (χ3v) is 3.00. The van der Waals surface area contributed by atoms with Crippen LogP contribution in [-0.4, -0.2) is 23.1 Å². The van der Waals surface area contributed by atoms with Crippen molar-refractivity contribution >= 4 is 35.0 Å². The van der Waals surface area contributed by atoms with Crippen molar-refractivity contribution in [3.8, 4) is 0 Å². The van der Waals surface area contributed by atoms with E-state index in [1.165, 1.54) is 18.1 Å². The lowest BCUT2D eigenvalue weighted by atomic mass is 10.2. The van der Waals surface area contributed by atoms with Gasteiger partial charge < -0.3 is 4.74 Å². The number of hydrogen-bond donors (Lipinski definition) is 0. The zero-order valence-electron chi connectivity index (χ0n) is 10.6. The molecule has 0 atom stereocenters. The summed E-state index contributed by atoms with van der Waals surface area (Å²) in [7, 11) is 1.52. The van der Waals surface area contributed by atoms with Gasteiger partial charge in [-0.25, -0.2) is 14.8 Å². The van der Waals surface area contributed by atoms with E-state index >= 15 is 0 Å². The summed E-state index contributed by atoms with van der Waals surface area (Å²) in [6.07, 6.45) is 0.809. The Balaban J connectivity index is 2.01. The molecule has 1 aromatic carbocycles. The summed E-state index contributed by atoms with van der Waals surface area (Å²) in [5.41, 5.74) is 1.22. The van der Waals surface area contributed by atoms with Gasteiger partial charge >= 0.3 is 6.09 Å². The SMILES string of the molecule is CN(C(=O)OCc1ccccc1)c1cnc(Cl)nc1Cl. The van der Waals surface area contributed by atoms with Crippen molar-refractivity contribution in [3.05, 3.63) is 52.5 Å². The molecule has 5 nitrogen and oxygen atoms in total. The van der Waals surface area contributed by atoms with Crippen LogP contribution in [0.5, 0.6) is 0 Å². The summed E-state index contributed by atoms with van der Waals surface area (Å²) >= 11 is 11.5. The minimum atomic E-state index is -0.554. The van der Waals surface area contributed by atoms with E-state index in [1.807, 2.05) is 30.3 Å². The highest BCUT2D eigenvalue weighted by molar-refractivity contribution is 6.34. The predicted octanol–water partition coefficient (Wildman–Crippen LogP) is 3.56. The third kappa shape index (κ3) is 3.59. The summed E-state index contributed by atoms with van der Waals surface area (Å²) in [6.45, 7) is 0.177. The van der Waals surface area contributed by atoms with E-state index in [-0.39, 0.29) is 17.0 Å². The minimum Gasteiger partial charge on any atom is -0.444 e. The van der Waals surface area contributed by atoms with Gasteiger partial charge in [0.25, 0.3) is 0 Å². The molecule has 0 unspecified atom stereocenters. The Morgan fingerprint density at radius 2 is 2.00 bits per heavy atom. The van der Waals surface area contributed by atoms with Crippen molar-refractivity contribution in [2.75, 3.05) is 11.9 Å². The van der Waals surface area contributed by atoms with Gasteiger partial charge in [-0.3, -0.25) is 4.90 Å². The second kappa shape index (κ2) is 6.54. The van der Waals surface area contributed by atoms with Gasteiger partial charge in [-0.1, -0.05) is 41.9 Å². The lowest BCUT2D eigenvalue weighted by Gasteiger charge is -2.17. The Morgan fingerprint density at radius 1 is 1.30 bits per heavy atom. The van der Waals surface area contributed by atoms with Gasteiger partial charge in [0.05, 0.1) is 6.20 Å². The van der Waals surface area contributed by atoms with Crippen molar-refractivity contribution in [3.63, 3.8) is 0 Å². The molecule has 104 valence electrons. The van der Waals surface area contributed by atoms with Crippen molar-refractivity contribution in [2.45, 2.75) is 6.61 Å². The molecule has 0 bridgehead atoms. The number of amides is 1. The number of hydrogen-bond acceptors (Lipinski definition) is 4. The fraction of sp³-hybridized carbons (Fsp3) is 0.154. The number of ether oxygens (including phenoxy) is 1. The maximum Gasteiger partial charge on any atom is 0.414 e. The molecule has 20 heavy (non-hydrogen) atoms. The molecule has 0 aliphatic rings. The highest BCUT2D eigenvalue weighted by Crippen LogP contribution is 2.23. The summed E-state index contributed by atoms with van der Waals surface area (Å²) in [5, 5.41) is 0.106. The van der Waals surface area contributed by atoms with E-state index in [2.05, 4.69) is 9.97 Å². The Hall–Kier alpha value is -1.85. The molecule has 2 aromatic rings. The van der Waals surface area contributed by atoms with E-state index in [4.69, 9.17) is 27.9 Å². The fourth-order valence-electron chi connectivity index (χ4n) is 1.47. The van der Waals surface area contributed by atoms with Crippen molar-refractivity contribution < 1.29 is 9.53 Å². The van der Waals surface area contributed by atoms with Crippen LogP contribution >= 0.6 is 23.2 Å². The molecule has 0 saturated heterocycles. The molecular weight excluding hydrogens is 301 g/mol. The first-order chi connectivity index (χ1) is 9.58. The fourth-order valence-corrected chi connectivity index (χ4v) is 1.91. The molecular formula is C13H11Cl2N3O2. The van der Waals surface area contributed by atoms with Crippen LogP contribution in [0.15, 0.2) is 36.5 Å². The summed E-state index contributed by atoms with van der Waals surface area (Å²) < 4.78 is 5.17. The minimum absolute atomic E-state index is 0.0183. The monoisotopic (exact) mass is 311 g/mol. The van der Waals surface area contributed by atoms with Crippen LogP contribution in [0.2, 0.25) is 10.4 Å². The Morgan fingerprint density at radius 3 is 2.65 bits per heavy atom. The summed E-state index contributed by atoms with van der Waals surface area (Å²) in [5.74, 6) is 0. The van der Waals surface area contributed by atoms with Crippen LogP contribution in [0.25, 0.3) is 0 Å². The number of halogens is 2. The average molecular weight is 312 g/mol. The normalized spacial score (nSPS) is 10.2. The second-order valence-electron chi connectivity index (χ2n) is 3.91. The molecule has 1 heterocycles. The second-order valence-corrected chi connectivity index (χ2v) is 4.61. The van der Waals surface area contributed by atoms with E-state index < -0.39 is 6.09 Å². The average Bonchev–Trinajstić information content (AvgIpc) is 2.45. The number of aromatic nitrogens is 2. The van der Waals surface area contributed by atoms with E-state index in [1.54, 1.807) is 0 Å². The molecule has 0 spiro atoms. The Kier molecular flexibility index (Phi) is 4.76. The molecule has 1 aromatic heterocycles. The topological polar surface area (TPSA) is 55.3 Å². The first-order valence-corrected chi connectivity index (χ1v) is 6.46. The predicted molar refractivity (Wildman–Crippen MR) is 77.1 cm³/mol. The van der Waals surface area contributed by atoms with Crippen LogP contribution in [-0.2, 0) is 11.3 Å². The Labute approximate surface area is 126 Å². The number of carbonyl (C=O) groups is 1. The Bertz CT molecular complexity index is 608. The molecule has 1 amide bonds. The molecule has 0 radical (unpaired) electrons. The maximum absolute atomic E-state index is 11.9. The molecule has 0 saturated carbocycles. The highest BCUT2D eigenvalue weighted by atomic mass is 35.5. The molecule has 7 heteroatoms. The standard InChI is InChI=1S/C13H11Cl2N3O2/c1-18(10-7-16-12(15)17-11(10)14)13(19)20-8-9-5-3-2-4-6-9/h2-7H,8H2,1H3. The third-order valence-electron chi connectivity index (χ3n) is 2.54. The zero-order chi connectivity index (χ0) is 14.5. The van der Waals surface area contributed by atoms with Gasteiger partial charge in [-0.2, -0.15) is 0 Å². The number of nitrogens with zero attached hydrogens (tertiary/aromatic N) is 3. The van der Waals surface area contributed by atoms with Gasteiger partial charge in [-0.15, -0.1) is 0 Å². The van der Waals surface area contributed by atoms with Crippen LogP contribution in [0.1, 0.15) is 5.56 Å². The first kappa shape index (κ1) is 14.6. The molecule has 0 aliphatic carbocycles. The summed E-state index contributed by atoms with van der Waals surface area (Å²) in [6, 6.07) is 9.37. The van der Waals surface area contributed by atoms with Gasteiger partial charge in [0.2, 0.25) is 5.28 Å². The van der Waals surface area contributed by atoms with Crippen molar-refractivity contribution in [1.82, 2.24) is 9.97 Å². The molecule has 0 N–H and O–H groups in total. The highest BCUT2D eigenvalue weighted by Gasteiger charge is 2.17. The lowest BCUT2D eigenvalue weighted by Crippen LogP contribution is -2.27. The van der Waals surface area contributed by atoms with Gasteiger partial charge in [0.1, 0.15) is 12.3 Å². The lowest BCUT2D eigenvalue weighted by molar-refractivity contribution is 0.148. The van der Waals surface area contributed by atoms with Gasteiger partial charge in [0, 0.05) is 7.05 Å². The van der Waals surface area contributed by atoms with E-state index in [0.29, 0.717) is 5.69 Å². The number of anilines is 1.